The molecule has 1 unspecified atom stereocenters. The van der Waals surface area contributed by atoms with E-state index in [2.05, 4.69) is 4.98 Å². The monoisotopic (exact) mass is 217 g/mol. The predicted octanol–water partition coefficient (Wildman–Crippen LogP) is 2.61. The van der Waals surface area contributed by atoms with Gasteiger partial charge in [-0.05, 0) is 36.2 Å². The summed E-state index contributed by atoms with van der Waals surface area (Å²) in [4.78, 5) is 4.11. The predicted molar refractivity (Wildman–Crippen MR) is 59.4 cm³/mol. The second-order valence-corrected chi connectivity index (χ2v) is 3.66. The van der Waals surface area contributed by atoms with Crippen LogP contribution in [0, 0.1) is 12.7 Å². The maximum Gasteiger partial charge on any atom is 0.123 e. The topological polar surface area (TPSA) is 33.1 Å². The molecule has 2 rings (SSSR count). The highest BCUT2D eigenvalue weighted by atomic mass is 19.1. The van der Waals surface area contributed by atoms with Crippen LogP contribution < -0.4 is 0 Å². The molecule has 0 aliphatic rings. The van der Waals surface area contributed by atoms with Crippen molar-refractivity contribution in [1.82, 2.24) is 4.98 Å². The van der Waals surface area contributed by atoms with Crippen molar-refractivity contribution in [3.8, 4) is 0 Å². The average Bonchev–Trinajstić information content (AvgIpc) is 2.29. The molecule has 0 aliphatic heterocycles. The summed E-state index contributed by atoms with van der Waals surface area (Å²) in [6, 6.07) is 9.59. The first kappa shape index (κ1) is 10.8. The zero-order valence-electron chi connectivity index (χ0n) is 8.89. The van der Waals surface area contributed by atoms with Crippen LogP contribution in [-0.2, 0) is 0 Å². The first-order chi connectivity index (χ1) is 7.68. The van der Waals surface area contributed by atoms with E-state index in [-0.39, 0.29) is 5.82 Å². The van der Waals surface area contributed by atoms with Crippen LogP contribution in [0.5, 0.6) is 0 Å². The van der Waals surface area contributed by atoms with Crippen molar-refractivity contribution in [1.29, 1.82) is 0 Å². The Bertz CT molecular complexity index is 499. The van der Waals surface area contributed by atoms with Crippen molar-refractivity contribution >= 4 is 0 Å². The summed E-state index contributed by atoms with van der Waals surface area (Å²) in [5, 5.41) is 10.1. The fourth-order valence-electron chi connectivity index (χ4n) is 1.62. The Kier molecular flexibility index (Phi) is 2.97. The number of rotatable bonds is 2. The number of aliphatic hydroxyl groups is 1. The van der Waals surface area contributed by atoms with Gasteiger partial charge in [0.25, 0.3) is 0 Å². The molecular formula is C13H12FNO. The first-order valence-electron chi connectivity index (χ1n) is 5.03. The Labute approximate surface area is 93.4 Å². The molecule has 0 spiro atoms. The third kappa shape index (κ3) is 2.09. The van der Waals surface area contributed by atoms with E-state index in [1.165, 1.54) is 12.1 Å². The maximum atomic E-state index is 13.0. The molecule has 2 aromatic rings. The normalized spacial score (nSPS) is 12.4. The van der Waals surface area contributed by atoms with Crippen molar-refractivity contribution in [3.63, 3.8) is 0 Å². The number of aryl methyl sites for hydroxylation is 1. The van der Waals surface area contributed by atoms with Crippen molar-refractivity contribution in [2.24, 2.45) is 0 Å². The standard InChI is InChI=1S/C13H12FNO/c1-9-4-3-7-15-12(9)13(16)10-5-2-6-11(14)8-10/h2-8,13,16H,1H3. The minimum absolute atomic E-state index is 0.356. The van der Waals surface area contributed by atoms with Gasteiger partial charge in [0, 0.05) is 6.20 Å². The molecule has 0 bridgehead atoms. The van der Waals surface area contributed by atoms with Gasteiger partial charge < -0.3 is 5.11 Å². The van der Waals surface area contributed by atoms with Crippen LogP contribution in [-0.4, -0.2) is 10.1 Å². The molecular weight excluding hydrogens is 205 g/mol. The minimum Gasteiger partial charge on any atom is -0.382 e. The maximum absolute atomic E-state index is 13.0. The molecule has 1 heterocycles. The fraction of sp³-hybridized carbons (Fsp3) is 0.154. The molecule has 0 fully saturated rings. The van der Waals surface area contributed by atoms with Crippen molar-refractivity contribution < 1.29 is 9.50 Å². The molecule has 82 valence electrons. The van der Waals surface area contributed by atoms with E-state index < -0.39 is 6.10 Å². The van der Waals surface area contributed by atoms with E-state index in [0.717, 1.165) is 5.56 Å². The van der Waals surface area contributed by atoms with Gasteiger partial charge in [-0.25, -0.2) is 4.39 Å². The molecule has 0 amide bonds. The highest BCUT2D eigenvalue weighted by Crippen LogP contribution is 2.22. The van der Waals surface area contributed by atoms with Crippen LogP contribution in [0.25, 0.3) is 0 Å². The van der Waals surface area contributed by atoms with E-state index >= 15 is 0 Å². The van der Waals surface area contributed by atoms with E-state index in [1.54, 1.807) is 24.4 Å². The van der Waals surface area contributed by atoms with Crippen molar-refractivity contribution in [2.45, 2.75) is 13.0 Å². The van der Waals surface area contributed by atoms with Gasteiger partial charge in [0.05, 0.1) is 5.69 Å². The molecule has 0 aliphatic carbocycles. The Balaban J connectivity index is 2.39. The summed E-state index contributed by atoms with van der Waals surface area (Å²) >= 11 is 0. The van der Waals surface area contributed by atoms with E-state index in [4.69, 9.17) is 0 Å². The van der Waals surface area contributed by atoms with Gasteiger partial charge in [0.15, 0.2) is 0 Å². The third-order valence-corrected chi connectivity index (χ3v) is 2.47. The first-order valence-corrected chi connectivity index (χ1v) is 5.03. The van der Waals surface area contributed by atoms with Gasteiger partial charge in [0.1, 0.15) is 11.9 Å². The summed E-state index contributed by atoms with van der Waals surface area (Å²) in [7, 11) is 0. The fourth-order valence-corrected chi connectivity index (χ4v) is 1.62. The Hall–Kier alpha value is -1.74. The molecule has 2 nitrogen and oxygen atoms in total. The molecule has 1 aromatic carbocycles. The number of nitrogens with zero attached hydrogens (tertiary/aromatic N) is 1. The largest absolute Gasteiger partial charge is 0.382 e. The molecule has 3 heteroatoms. The highest BCUT2D eigenvalue weighted by Gasteiger charge is 2.14. The third-order valence-electron chi connectivity index (χ3n) is 2.47. The lowest BCUT2D eigenvalue weighted by Gasteiger charge is -2.12. The summed E-state index contributed by atoms with van der Waals surface area (Å²) in [5.74, 6) is -0.356. The van der Waals surface area contributed by atoms with Crippen LogP contribution in [0.3, 0.4) is 0 Å². The van der Waals surface area contributed by atoms with Gasteiger partial charge in [-0.15, -0.1) is 0 Å². The summed E-state index contributed by atoms with van der Waals surface area (Å²) < 4.78 is 13.0. The number of benzene rings is 1. The summed E-state index contributed by atoms with van der Waals surface area (Å²) in [6.07, 6.45) is 0.738. The summed E-state index contributed by atoms with van der Waals surface area (Å²) in [5.41, 5.74) is 1.97. The Morgan fingerprint density at radius 3 is 2.75 bits per heavy atom. The highest BCUT2D eigenvalue weighted by molar-refractivity contribution is 5.30. The van der Waals surface area contributed by atoms with Crippen molar-refractivity contribution in [3.05, 3.63) is 65.2 Å². The molecule has 0 radical (unpaired) electrons. The van der Waals surface area contributed by atoms with Gasteiger partial charge in [-0.2, -0.15) is 0 Å². The van der Waals surface area contributed by atoms with Crippen LogP contribution >= 0.6 is 0 Å². The molecule has 1 N–H and O–H groups in total. The number of hydrogen-bond donors (Lipinski definition) is 1. The second-order valence-electron chi connectivity index (χ2n) is 3.66. The number of aliphatic hydroxyl groups excluding tert-OH is 1. The van der Waals surface area contributed by atoms with E-state index in [9.17, 15) is 9.50 Å². The van der Waals surface area contributed by atoms with Gasteiger partial charge in [-0.1, -0.05) is 18.2 Å². The van der Waals surface area contributed by atoms with Crippen molar-refractivity contribution in [2.75, 3.05) is 0 Å². The zero-order chi connectivity index (χ0) is 11.5. The number of hydrogen-bond acceptors (Lipinski definition) is 2. The second kappa shape index (κ2) is 4.41. The molecule has 0 saturated heterocycles. The smallest absolute Gasteiger partial charge is 0.123 e. The van der Waals surface area contributed by atoms with Crippen LogP contribution in [0.15, 0.2) is 42.6 Å². The summed E-state index contributed by atoms with van der Waals surface area (Å²) in [6.45, 7) is 1.87. The SMILES string of the molecule is Cc1cccnc1C(O)c1cccc(F)c1. The Morgan fingerprint density at radius 2 is 2.06 bits per heavy atom. The molecule has 1 aromatic heterocycles. The van der Waals surface area contributed by atoms with Gasteiger partial charge in [-0.3, -0.25) is 4.98 Å². The lowest BCUT2D eigenvalue weighted by atomic mass is 10.0. The Morgan fingerprint density at radius 1 is 1.25 bits per heavy atom. The van der Waals surface area contributed by atoms with E-state index in [0.29, 0.717) is 11.3 Å². The minimum atomic E-state index is -0.878. The van der Waals surface area contributed by atoms with E-state index in [1.807, 2.05) is 13.0 Å². The van der Waals surface area contributed by atoms with Crippen LogP contribution in [0.1, 0.15) is 22.9 Å². The molecule has 16 heavy (non-hydrogen) atoms. The molecule has 0 saturated carbocycles. The zero-order valence-corrected chi connectivity index (χ0v) is 8.89. The van der Waals surface area contributed by atoms with Gasteiger partial charge in [0.2, 0.25) is 0 Å². The van der Waals surface area contributed by atoms with Crippen LogP contribution in [0.2, 0.25) is 0 Å². The number of halogens is 1. The quantitative estimate of drug-likeness (QED) is 0.838. The van der Waals surface area contributed by atoms with Crippen LogP contribution in [0.4, 0.5) is 4.39 Å². The lowest BCUT2D eigenvalue weighted by molar-refractivity contribution is 0.214. The van der Waals surface area contributed by atoms with Gasteiger partial charge >= 0.3 is 0 Å². The lowest BCUT2D eigenvalue weighted by Crippen LogP contribution is -2.04. The average molecular weight is 217 g/mol. The number of pyridine rings is 1. The number of aromatic nitrogens is 1. The molecule has 1 atom stereocenters.